The minimum Gasteiger partial charge on any atom is -0.351 e. The first kappa shape index (κ1) is 18.4. The van der Waals surface area contributed by atoms with Gasteiger partial charge in [0.15, 0.2) is 11.5 Å². The Morgan fingerprint density at radius 1 is 1.25 bits per heavy atom. The minimum absolute atomic E-state index is 0.0208. The molecule has 0 spiro atoms. The van der Waals surface area contributed by atoms with E-state index in [1.807, 2.05) is 28.9 Å². The van der Waals surface area contributed by atoms with E-state index in [-0.39, 0.29) is 29.9 Å². The monoisotopic (exact) mass is 379 g/mol. The van der Waals surface area contributed by atoms with Crippen molar-refractivity contribution in [2.45, 2.75) is 38.1 Å². The molecule has 2 fully saturated rings. The van der Waals surface area contributed by atoms with Crippen molar-refractivity contribution < 1.29 is 9.18 Å². The smallest absolute Gasteiger partial charge is 0.227 e. The molecule has 1 saturated carbocycles. The number of hydrogen-bond acceptors (Lipinski definition) is 5. The topological polar surface area (TPSA) is 73.1 Å². The molecule has 1 aliphatic heterocycles. The Balaban J connectivity index is 1.38. The summed E-state index contributed by atoms with van der Waals surface area (Å²) in [7, 11) is 0. The van der Waals surface area contributed by atoms with E-state index in [4.69, 9.17) is 5.26 Å². The van der Waals surface area contributed by atoms with Crippen molar-refractivity contribution in [2.24, 2.45) is 0 Å². The number of rotatable bonds is 4. The van der Waals surface area contributed by atoms with E-state index >= 15 is 0 Å². The number of piperazine rings is 1. The zero-order chi connectivity index (χ0) is 19.7. The number of benzene rings is 1. The number of carbonyl (C=O) groups excluding carboxylic acids is 1. The van der Waals surface area contributed by atoms with Gasteiger partial charge in [0, 0.05) is 25.7 Å². The second-order valence-electron chi connectivity index (χ2n) is 7.57. The van der Waals surface area contributed by atoms with Crippen LogP contribution in [0.15, 0.2) is 30.3 Å². The minimum atomic E-state index is -0.281. The number of aromatic nitrogens is 2. The molecule has 4 rings (SSSR count). The maximum atomic E-state index is 14.4. The molecule has 0 unspecified atom stereocenters. The summed E-state index contributed by atoms with van der Waals surface area (Å²) in [6.45, 7) is 3.77. The highest BCUT2D eigenvalue weighted by Crippen LogP contribution is 2.40. The zero-order valence-corrected chi connectivity index (χ0v) is 15.8. The van der Waals surface area contributed by atoms with E-state index in [0.717, 1.165) is 18.4 Å². The maximum absolute atomic E-state index is 14.4. The van der Waals surface area contributed by atoms with E-state index in [9.17, 15) is 9.18 Å². The van der Waals surface area contributed by atoms with Crippen molar-refractivity contribution >= 4 is 11.7 Å². The second kappa shape index (κ2) is 7.55. The van der Waals surface area contributed by atoms with Gasteiger partial charge in [-0.05, 0) is 55.0 Å². The van der Waals surface area contributed by atoms with Crippen LogP contribution in [-0.4, -0.2) is 46.7 Å². The van der Waals surface area contributed by atoms with Gasteiger partial charge in [-0.1, -0.05) is 12.1 Å². The number of hydrogen-bond donors (Lipinski definition) is 0. The highest BCUT2D eigenvalue weighted by molar-refractivity contribution is 5.79. The number of halogens is 1. The molecular weight excluding hydrogens is 357 g/mol. The lowest BCUT2D eigenvalue weighted by atomic mass is 10.0. The Bertz CT molecular complexity index is 919. The summed E-state index contributed by atoms with van der Waals surface area (Å²) in [5, 5.41) is 16.8. The Hall–Kier alpha value is -3.01. The van der Waals surface area contributed by atoms with Gasteiger partial charge in [0.25, 0.3) is 0 Å². The molecule has 2 aromatic rings. The van der Waals surface area contributed by atoms with Crippen LogP contribution in [0.2, 0.25) is 0 Å². The number of amides is 1. The number of carbonyl (C=O) groups is 1. The van der Waals surface area contributed by atoms with Gasteiger partial charge in [0.1, 0.15) is 11.9 Å². The number of anilines is 1. The Morgan fingerprint density at radius 3 is 2.68 bits per heavy atom. The zero-order valence-electron chi connectivity index (χ0n) is 15.8. The molecule has 1 aliphatic carbocycles. The van der Waals surface area contributed by atoms with E-state index in [2.05, 4.69) is 10.2 Å². The first-order chi connectivity index (χ1) is 13.5. The van der Waals surface area contributed by atoms with Gasteiger partial charge in [0.2, 0.25) is 5.91 Å². The summed E-state index contributed by atoms with van der Waals surface area (Å²) >= 11 is 0. The van der Waals surface area contributed by atoms with Crippen LogP contribution in [0, 0.1) is 17.1 Å². The molecule has 1 aromatic carbocycles. The summed E-state index contributed by atoms with van der Waals surface area (Å²) in [6, 6.07) is 10.6. The Kier molecular flexibility index (Phi) is 4.95. The molecule has 2 heterocycles. The standard InChI is InChI=1S/C21H22FN5O/c1-14-13-26(20-7-6-18(12-23)24-25-20)8-9-27(14)21(28)11-17-5-4-16(10-19(17)22)15-2-3-15/h4-7,10,14-15H,2-3,8-9,11,13H2,1H3/t14-/m1/s1. The number of nitrogens with zero attached hydrogens (tertiary/aromatic N) is 5. The average Bonchev–Trinajstić information content (AvgIpc) is 3.55. The van der Waals surface area contributed by atoms with Gasteiger partial charge in [0.05, 0.1) is 6.42 Å². The van der Waals surface area contributed by atoms with Crippen molar-refractivity contribution in [3.63, 3.8) is 0 Å². The van der Waals surface area contributed by atoms with E-state index < -0.39 is 0 Å². The van der Waals surface area contributed by atoms with Crippen LogP contribution in [0.3, 0.4) is 0 Å². The van der Waals surface area contributed by atoms with Crippen molar-refractivity contribution in [1.82, 2.24) is 15.1 Å². The summed E-state index contributed by atoms with van der Waals surface area (Å²) in [5.74, 6) is 0.852. The predicted molar refractivity (Wildman–Crippen MR) is 102 cm³/mol. The highest BCUT2D eigenvalue weighted by atomic mass is 19.1. The molecule has 1 atom stereocenters. The Morgan fingerprint density at radius 2 is 2.07 bits per heavy atom. The molecule has 144 valence electrons. The van der Waals surface area contributed by atoms with Gasteiger partial charge in [-0.2, -0.15) is 5.26 Å². The second-order valence-corrected chi connectivity index (χ2v) is 7.57. The van der Waals surface area contributed by atoms with Gasteiger partial charge < -0.3 is 9.80 Å². The Labute approximate surface area is 163 Å². The first-order valence-electron chi connectivity index (χ1n) is 9.61. The van der Waals surface area contributed by atoms with Crippen LogP contribution in [-0.2, 0) is 11.2 Å². The van der Waals surface area contributed by atoms with E-state index in [1.54, 1.807) is 24.3 Å². The molecule has 1 aromatic heterocycles. The summed E-state index contributed by atoms with van der Waals surface area (Å²) in [4.78, 5) is 16.6. The van der Waals surface area contributed by atoms with E-state index in [0.29, 0.717) is 36.9 Å². The maximum Gasteiger partial charge on any atom is 0.227 e. The van der Waals surface area contributed by atoms with Gasteiger partial charge >= 0.3 is 0 Å². The summed E-state index contributed by atoms with van der Waals surface area (Å²) in [5.41, 5.74) is 1.78. The largest absolute Gasteiger partial charge is 0.351 e. The third kappa shape index (κ3) is 3.81. The molecule has 0 radical (unpaired) electrons. The third-order valence-corrected chi connectivity index (χ3v) is 5.50. The van der Waals surface area contributed by atoms with Crippen LogP contribution in [0.25, 0.3) is 0 Å². The molecule has 1 amide bonds. The molecule has 0 bridgehead atoms. The number of nitriles is 1. The molecule has 6 nitrogen and oxygen atoms in total. The lowest BCUT2D eigenvalue weighted by Gasteiger charge is -2.40. The van der Waals surface area contributed by atoms with Gasteiger partial charge in [-0.3, -0.25) is 4.79 Å². The SMILES string of the molecule is C[C@@H]1CN(c2ccc(C#N)nn2)CCN1C(=O)Cc1ccc(C2CC2)cc1F. The van der Waals surface area contributed by atoms with Crippen LogP contribution in [0.5, 0.6) is 0 Å². The lowest BCUT2D eigenvalue weighted by molar-refractivity contribution is -0.132. The molecule has 1 saturated heterocycles. The highest BCUT2D eigenvalue weighted by Gasteiger charge is 2.29. The molecule has 7 heteroatoms. The van der Waals surface area contributed by atoms with E-state index in [1.165, 1.54) is 0 Å². The van der Waals surface area contributed by atoms with Crippen molar-refractivity contribution in [1.29, 1.82) is 5.26 Å². The molecule has 2 aliphatic rings. The predicted octanol–water partition coefficient (Wildman–Crippen LogP) is 2.64. The fourth-order valence-electron chi connectivity index (χ4n) is 3.73. The van der Waals surface area contributed by atoms with Crippen molar-refractivity contribution in [3.8, 4) is 6.07 Å². The fraction of sp³-hybridized carbons (Fsp3) is 0.429. The molecule has 28 heavy (non-hydrogen) atoms. The fourth-order valence-corrected chi connectivity index (χ4v) is 3.73. The first-order valence-corrected chi connectivity index (χ1v) is 9.61. The van der Waals surface area contributed by atoms with Crippen LogP contribution < -0.4 is 4.90 Å². The molecule has 0 N–H and O–H groups in total. The lowest BCUT2D eigenvalue weighted by Crippen LogP contribution is -2.54. The average molecular weight is 379 g/mol. The quantitative estimate of drug-likeness (QED) is 0.817. The van der Waals surface area contributed by atoms with Crippen molar-refractivity contribution in [3.05, 3.63) is 53.0 Å². The van der Waals surface area contributed by atoms with Crippen LogP contribution >= 0.6 is 0 Å². The van der Waals surface area contributed by atoms with Crippen LogP contribution in [0.1, 0.15) is 42.5 Å². The third-order valence-electron chi connectivity index (χ3n) is 5.50. The normalized spacial score (nSPS) is 19.4. The molecular formula is C21H22FN5O. The summed E-state index contributed by atoms with van der Waals surface area (Å²) in [6.07, 6.45) is 2.34. The summed E-state index contributed by atoms with van der Waals surface area (Å²) < 4.78 is 14.4. The van der Waals surface area contributed by atoms with Gasteiger partial charge in [-0.15, -0.1) is 10.2 Å². The van der Waals surface area contributed by atoms with Gasteiger partial charge in [-0.25, -0.2) is 4.39 Å². The van der Waals surface area contributed by atoms with Crippen LogP contribution in [0.4, 0.5) is 10.2 Å². The van der Waals surface area contributed by atoms with Crippen molar-refractivity contribution in [2.75, 3.05) is 24.5 Å².